The fourth-order valence-electron chi connectivity index (χ4n) is 1.17. The van der Waals surface area contributed by atoms with Gasteiger partial charge >= 0.3 is 0 Å². The van der Waals surface area contributed by atoms with Crippen molar-refractivity contribution in [2.75, 3.05) is 7.11 Å². The number of rotatable bonds is 3. The van der Waals surface area contributed by atoms with Crippen molar-refractivity contribution in [2.45, 2.75) is 13.1 Å². The summed E-state index contributed by atoms with van der Waals surface area (Å²) in [6.07, 6.45) is 3.08. The summed E-state index contributed by atoms with van der Waals surface area (Å²) in [4.78, 5) is 0. The van der Waals surface area contributed by atoms with Gasteiger partial charge in [-0.25, -0.2) is 0 Å². The quantitative estimate of drug-likeness (QED) is 0.642. The molecule has 2 heteroatoms. The molecule has 1 aromatic carbocycles. The van der Waals surface area contributed by atoms with Gasteiger partial charge in [0, 0.05) is 7.11 Å². The van der Waals surface area contributed by atoms with Gasteiger partial charge in [0.1, 0.15) is 14.3 Å². The van der Waals surface area contributed by atoms with Crippen LogP contribution in [-0.2, 0) is 4.74 Å². The summed E-state index contributed by atoms with van der Waals surface area (Å²) in [7, 11) is 0.113. The van der Waals surface area contributed by atoms with Gasteiger partial charge in [-0.2, -0.15) is 0 Å². The van der Waals surface area contributed by atoms with Crippen LogP contribution in [0.25, 0.3) is 0 Å². The highest BCUT2D eigenvalue weighted by molar-refractivity contribution is 6.92. The molecule has 0 bridgehead atoms. The number of hydrogen-bond donors (Lipinski definition) is 0. The normalized spacial score (nSPS) is 11.6. The fraction of sp³-hybridized carbons (Fsp3) is 0.300. The topological polar surface area (TPSA) is 9.23 Å². The third-order valence-electron chi connectivity index (χ3n) is 1.85. The molecule has 0 unspecified atom stereocenters. The first-order valence-electron chi connectivity index (χ1n) is 4.02. The van der Waals surface area contributed by atoms with E-state index in [2.05, 4.69) is 43.6 Å². The second-order valence-electron chi connectivity index (χ2n) is 3.30. The molecular formula is C10H14OSi. The summed E-state index contributed by atoms with van der Waals surface area (Å²) in [6.45, 7) is 4.43. The van der Waals surface area contributed by atoms with Crippen molar-refractivity contribution in [3.8, 4) is 0 Å². The van der Waals surface area contributed by atoms with E-state index in [1.165, 1.54) is 5.19 Å². The van der Waals surface area contributed by atoms with Crippen LogP contribution in [-0.4, -0.2) is 15.2 Å². The molecule has 12 heavy (non-hydrogen) atoms. The first kappa shape index (κ1) is 9.48. The molecule has 2 radical (unpaired) electrons. The molecule has 0 spiro atoms. The van der Waals surface area contributed by atoms with Gasteiger partial charge in [-0.15, -0.1) is 0 Å². The zero-order valence-corrected chi connectivity index (χ0v) is 8.79. The number of benzene rings is 1. The molecule has 0 aromatic heterocycles. The van der Waals surface area contributed by atoms with Crippen LogP contribution in [0.1, 0.15) is 0 Å². The Morgan fingerprint density at radius 1 is 1.17 bits per heavy atom. The molecule has 1 rings (SSSR count). The van der Waals surface area contributed by atoms with E-state index in [0.29, 0.717) is 0 Å². The predicted octanol–water partition coefficient (Wildman–Crippen LogP) is 1.83. The van der Waals surface area contributed by atoms with Crippen LogP contribution < -0.4 is 5.19 Å². The standard InChI is InChI=1S/C10H14OSi/c1-11-9-12(2,3)10-7-5-4-6-8-10/h4-8H,1-3H3. The molecule has 0 fully saturated rings. The zero-order chi connectivity index (χ0) is 9.03. The van der Waals surface area contributed by atoms with Gasteiger partial charge in [0.15, 0.2) is 0 Å². The lowest BCUT2D eigenvalue weighted by molar-refractivity contribution is 0.307. The third kappa shape index (κ3) is 2.19. The molecule has 0 aliphatic heterocycles. The lowest BCUT2D eigenvalue weighted by atomic mass is 10.4. The average molecular weight is 178 g/mol. The summed E-state index contributed by atoms with van der Waals surface area (Å²) < 4.78 is 4.97. The molecule has 0 N–H and O–H groups in total. The van der Waals surface area contributed by atoms with Crippen molar-refractivity contribution in [3.63, 3.8) is 0 Å². The van der Waals surface area contributed by atoms with E-state index in [1.54, 1.807) is 7.11 Å². The SMILES string of the molecule is CO[C][Si](C)(C)c1ccccc1. The van der Waals surface area contributed by atoms with Crippen molar-refractivity contribution in [1.82, 2.24) is 0 Å². The van der Waals surface area contributed by atoms with Gasteiger partial charge in [-0.1, -0.05) is 48.6 Å². The summed E-state index contributed by atoms with van der Waals surface area (Å²) >= 11 is 0. The monoisotopic (exact) mass is 178 g/mol. The Bertz CT molecular complexity index is 231. The van der Waals surface area contributed by atoms with E-state index in [9.17, 15) is 0 Å². The van der Waals surface area contributed by atoms with Crippen LogP contribution in [0, 0.1) is 6.23 Å². The molecule has 0 atom stereocenters. The summed E-state index contributed by atoms with van der Waals surface area (Å²) in [5.41, 5.74) is 0. The van der Waals surface area contributed by atoms with Crippen LogP contribution in [0.4, 0.5) is 0 Å². The Hall–Kier alpha value is -0.603. The second-order valence-corrected chi connectivity index (χ2v) is 7.33. The molecule has 0 saturated heterocycles. The lowest BCUT2D eigenvalue weighted by Gasteiger charge is -2.19. The van der Waals surface area contributed by atoms with Gasteiger partial charge in [-0.3, -0.25) is 0 Å². The molecular weight excluding hydrogens is 164 g/mol. The average Bonchev–Trinajstić information content (AvgIpc) is 2.06. The molecule has 1 aromatic rings. The minimum atomic E-state index is -1.55. The van der Waals surface area contributed by atoms with Crippen molar-refractivity contribution < 1.29 is 4.74 Å². The third-order valence-corrected chi connectivity index (χ3v) is 4.34. The fourth-order valence-corrected chi connectivity index (χ4v) is 2.82. The highest BCUT2D eigenvalue weighted by atomic mass is 28.3. The van der Waals surface area contributed by atoms with Crippen LogP contribution in [0.15, 0.2) is 30.3 Å². The largest absolute Gasteiger partial charge is 0.376 e. The first-order chi connectivity index (χ1) is 5.67. The Balaban J connectivity index is 2.82. The van der Waals surface area contributed by atoms with Crippen LogP contribution in [0.3, 0.4) is 0 Å². The Morgan fingerprint density at radius 3 is 2.25 bits per heavy atom. The van der Waals surface area contributed by atoms with E-state index in [1.807, 2.05) is 6.07 Å². The Morgan fingerprint density at radius 2 is 1.75 bits per heavy atom. The van der Waals surface area contributed by atoms with E-state index in [-0.39, 0.29) is 0 Å². The second kappa shape index (κ2) is 3.87. The van der Waals surface area contributed by atoms with E-state index >= 15 is 0 Å². The van der Waals surface area contributed by atoms with Gasteiger partial charge in [0.05, 0.1) is 0 Å². The molecule has 0 amide bonds. The molecule has 64 valence electrons. The highest BCUT2D eigenvalue weighted by Gasteiger charge is 2.24. The van der Waals surface area contributed by atoms with Crippen molar-refractivity contribution in [3.05, 3.63) is 36.6 Å². The van der Waals surface area contributed by atoms with Crippen molar-refractivity contribution in [2.24, 2.45) is 0 Å². The van der Waals surface area contributed by atoms with Gasteiger partial charge in [-0.05, 0) is 0 Å². The summed E-state index contributed by atoms with van der Waals surface area (Å²) in [5, 5.41) is 1.35. The summed E-state index contributed by atoms with van der Waals surface area (Å²) in [5.74, 6) is 0. The van der Waals surface area contributed by atoms with E-state index < -0.39 is 8.07 Å². The molecule has 0 saturated carbocycles. The zero-order valence-electron chi connectivity index (χ0n) is 7.79. The molecule has 0 aliphatic carbocycles. The molecule has 1 nitrogen and oxygen atoms in total. The summed E-state index contributed by atoms with van der Waals surface area (Å²) in [6, 6.07) is 10.4. The lowest BCUT2D eigenvalue weighted by Crippen LogP contribution is -2.42. The van der Waals surface area contributed by atoms with Gasteiger partial charge in [0.2, 0.25) is 0 Å². The Labute approximate surface area is 75.4 Å². The molecule has 0 aliphatic rings. The van der Waals surface area contributed by atoms with Crippen molar-refractivity contribution in [1.29, 1.82) is 0 Å². The maximum Gasteiger partial charge on any atom is 0.124 e. The van der Waals surface area contributed by atoms with E-state index in [4.69, 9.17) is 4.74 Å². The maximum atomic E-state index is 4.97. The Kier molecular flexibility index (Phi) is 3.06. The van der Waals surface area contributed by atoms with Crippen LogP contribution in [0.5, 0.6) is 0 Å². The van der Waals surface area contributed by atoms with Gasteiger partial charge < -0.3 is 4.74 Å². The minimum absolute atomic E-state index is 1.35. The number of ether oxygens (including phenoxy) is 1. The molecule has 0 heterocycles. The van der Waals surface area contributed by atoms with Crippen LogP contribution in [0.2, 0.25) is 13.1 Å². The first-order valence-corrected chi connectivity index (χ1v) is 7.02. The highest BCUT2D eigenvalue weighted by Crippen LogP contribution is 2.06. The number of hydrogen-bond acceptors (Lipinski definition) is 1. The van der Waals surface area contributed by atoms with Crippen LogP contribution >= 0.6 is 0 Å². The number of methoxy groups -OCH3 is 1. The maximum absolute atomic E-state index is 4.97. The smallest absolute Gasteiger partial charge is 0.124 e. The predicted molar refractivity (Wildman–Crippen MR) is 53.8 cm³/mol. The van der Waals surface area contributed by atoms with Crippen molar-refractivity contribution >= 4 is 13.3 Å². The minimum Gasteiger partial charge on any atom is -0.376 e. The van der Waals surface area contributed by atoms with Gasteiger partial charge in [0.25, 0.3) is 0 Å². The van der Waals surface area contributed by atoms with E-state index in [0.717, 1.165) is 0 Å².